The summed E-state index contributed by atoms with van der Waals surface area (Å²) in [4.78, 5) is 18.9. The predicted molar refractivity (Wildman–Crippen MR) is 61.4 cm³/mol. The second kappa shape index (κ2) is 5.60. The van der Waals surface area contributed by atoms with Crippen LogP contribution in [0.2, 0.25) is 5.28 Å². The molecule has 0 aliphatic rings. The molecule has 7 heteroatoms. The topological polar surface area (TPSA) is 62.2 Å². The van der Waals surface area contributed by atoms with Crippen molar-refractivity contribution in [2.75, 3.05) is 32.1 Å². The summed E-state index contributed by atoms with van der Waals surface area (Å²) in [6.07, 6.45) is 1.48. The Morgan fingerprint density at radius 2 is 2.19 bits per heavy atom. The lowest BCUT2D eigenvalue weighted by Gasteiger charge is -2.22. The molecular weight excluding hydrogens is 230 g/mol. The third-order valence-corrected chi connectivity index (χ3v) is 2.21. The molecule has 0 aromatic carbocycles. The summed E-state index contributed by atoms with van der Waals surface area (Å²) in [5, 5.41) is 7.32. The number of hydrogen-bond acceptors (Lipinski definition) is 5. The van der Waals surface area contributed by atoms with Gasteiger partial charge in [0.2, 0.25) is 11.2 Å². The zero-order chi connectivity index (χ0) is 12.1. The third-order valence-electron chi connectivity index (χ3n) is 2.05. The normalized spacial score (nSPS) is 10.0. The van der Waals surface area contributed by atoms with E-state index in [4.69, 9.17) is 11.6 Å². The van der Waals surface area contributed by atoms with Gasteiger partial charge in [0, 0.05) is 20.6 Å². The summed E-state index contributed by atoms with van der Waals surface area (Å²) < 4.78 is 0. The van der Waals surface area contributed by atoms with Crippen LogP contribution in [0.15, 0.2) is 6.20 Å². The van der Waals surface area contributed by atoms with Gasteiger partial charge in [-0.2, -0.15) is 10.1 Å². The molecule has 1 aromatic heterocycles. The quantitative estimate of drug-likeness (QED) is 0.768. The Morgan fingerprint density at radius 1 is 1.50 bits per heavy atom. The van der Waals surface area contributed by atoms with Crippen molar-refractivity contribution in [3.8, 4) is 0 Å². The van der Waals surface area contributed by atoms with E-state index in [1.165, 1.54) is 11.1 Å². The van der Waals surface area contributed by atoms with Crippen LogP contribution in [0.25, 0.3) is 0 Å². The number of amides is 1. The Labute approximate surface area is 99.2 Å². The van der Waals surface area contributed by atoms with E-state index in [9.17, 15) is 4.79 Å². The van der Waals surface area contributed by atoms with E-state index in [0.29, 0.717) is 12.4 Å². The smallest absolute Gasteiger partial charge is 0.244 e. The van der Waals surface area contributed by atoms with Crippen LogP contribution in [-0.2, 0) is 4.79 Å². The summed E-state index contributed by atoms with van der Waals surface area (Å²) in [6, 6.07) is 0. The Bertz CT molecular complexity index is 371. The molecule has 0 spiro atoms. The molecule has 1 amide bonds. The highest BCUT2D eigenvalue weighted by atomic mass is 35.5. The van der Waals surface area contributed by atoms with Gasteiger partial charge in [0.15, 0.2) is 5.82 Å². The van der Waals surface area contributed by atoms with Crippen LogP contribution in [0.3, 0.4) is 0 Å². The molecule has 0 saturated heterocycles. The van der Waals surface area contributed by atoms with E-state index in [1.807, 2.05) is 6.92 Å². The first-order valence-corrected chi connectivity index (χ1v) is 5.22. The summed E-state index contributed by atoms with van der Waals surface area (Å²) in [6.45, 7) is 2.83. The van der Waals surface area contributed by atoms with Crippen molar-refractivity contribution >= 4 is 23.3 Å². The highest BCUT2D eigenvalue weighted by molar-refractivity contribution is 6.28. The number of rotatable bonds is 4. The Hall–Kier alpha value is -1.43. The van der Waals surface area contributed by atoms with E-state index in [2.05, 4.69) is 15.2 Å². The molecule has 0 aliphatic heterocycles. The van der Waals surface area contributed by atoms with Crippen LogP contribution in [-0.4, -0.2) is 53.2 Å². The fraction of sp³-hybridized carbons (Fsp3) is 0.556. The lowest BCUT2D eigenvalue weighted by molar-refractivity contribution is -0.127. The molecule has 1 heterocycles. The van der Waals surface area contributed by atoms with Crippen molar-refractivity contribution in [3.05, 3.63) is 11.5 Å². The maximum Gasteiger partial charge on any atom is 0.244 e. The molecule has 88 valence electrons. The third kappa shape index (κ3) is 3.30. The van der Waals surface area contributed by atoms with Crippen LogP contribution in [0.5, 0.6) is 0 Å². The van der Waals surface area contributed by atoms with Gasteiger partial charge in [0.1, 0.15) is 0 Å². The number of carbonyl (C=O) groups is 1. The van der Waals surface area contributed by atoms with Crippen LogP contribution < -0.4 is 4.90 Å². The summed E-state index contributed by atoms with van der Waals surface area (Å²) in [5.74, 6) is 0.550. The fourth-order valence-electron chi connectivity index (χ4n) is 1.09. The molecule has 0 aliphatic carbocycles. The number of anilines is 1. The Kier molecular flexibility index (Phi) is 4.42. The number of aromatic nitrogens is 3. The highest BCUT2D eigenvalue weighted by Crippen LogP contribution is 2.10. The van der Waals surface area contributed by atoms with E-state index in [1.54, 1.807) is 19.0 Å². The molecule has 0 unspecified atom stereocenters. The van der Waals surface area contributed by atoms with Crippen LogP contribution >= 0.6 is 11.6 Å². The van der Waals surface area contributed by atoms with Gasteiger partial charge in [-0.05, 0) is 18.5 Å². The van der Waals surface area contributed by atoms with Gasteiger partial charge >= 0.3 is 0 Å². The van der Waals surface area contributed by atoms with Gasteiger partial charge in [0.05, 0.1) is 12.7 Å². The predicted octanol–water partition coefficient (Wildman–Crippen LogP) is 0.439. The van der Waals surface area contributed by atoms with Crippen LogP contribution in [0.1, 0.15) is 6.92 Å². The Balaban J connectivity index is 2.78. The largest absolute Gasteiger partial charge is 0.347 e. The number of carbonyl (C=O) groups excluding carboxylic acids is 1. The van der Waals surface area contributed by atoms with E-state index >= 15 is 0 Å². The van der Waals surface area contributed by atoms with Crippen molar-refractivity contribution in [3.63, 3.8) is 0 Å². The molecule has 0 fully saturated rings. The average Bonchev–Trinajstić information content (AvgIpc) is 2.25. The van der Waals surface area contributed by atoms with E-state index < -0.39 is 0 Å². The van der Waals surface area contributed by atoms with E-state index in [-0.39, 0.29) is 17.7 Å². The SMILES string of the molecule is CCN(CC(=O)N(C)C)c1cnnc(Cl)n1. The summed E-state index contributed by atoms with van der Waals surface area (Å²) in [7, 11) is 3.42. The minimum Gasteiger partial charge on any atom is -0.347 e. The number of hydrogen-bond donors (Lipinski definition) is 0. The van der Waals surface area contributed by atoms with Crippen LogP contribution in [0.4, 0.5) is 5.82 Å². The van der Waals surface area contributed by atoms with Crippen molar-refractivity contribution < 1.29 is 4.79 Å². The number of halogens is 1. The standard InChI is InChI=1S/C9H14ClN5O/c1-4-15(6-8(16)14(2)3)7-5-11-13-9(10)12-7/h5H,4,6H2,1-3H3. The zero-order valence-electron chi connectivity index (χ0n) is 9.51. The second-order valence-corrected chi connectivity index (χ2v) is 3.72. The summed E-state index contributed by atoms with van der Waals surface area (Å²) in [5.41, 5.74) is 0. The Morgan fingerprint density at radius 3 is 2.69 bits per heavy atom. The van der Waals surface area contributed by atoms with Crippen LogP contribution in [0, 0.1) is 0 Å². The lowest BCUT2D eigenvalue weighted by atomic mass is 10.4. The maximum atomic E-state index is 11.6. The molecular formula is C9H14ClN5O. The first-order chi connectivity index (χ1) is 7.54. The maximum absolute atomic E-state index is 11.6. The molecule has 0 N–H and O–H groups in total. The van der Waals surface area contributed by atoms with Crippen molar-refractivity contribution in [2.45, 2.75) is 6.92 Å². The van der Waals surface area contributed by atoms with Crippen molar-refractivity contribution in [2.24, 2.45) is 0 Å². The minimum absolute atomic E-state index is 0.00316. The molecule has 16 heavy (non-hydrogen) atoms. The first-order valence-electron chi connectivity index (χ1n) is 4.85. The molecule has 0 bridgehead atoms. The molecule has 0 radical (unpaired) electrons. The number of nitrogens with zero attached hydrogens (tertiary/aromatic N) is 5. The van der Waals surface area contributed by atoms with Gasteiger partial charge in [-0.15, -0.1) is 5.10 Å². The second-order valence-electron chi connectivity index (χ2n) is 3.39. The van der Waals surface area contributed by atoms with E-state index in [0.717, 1.165) is 0 Å². The fourth-order valence-corrected chi connectivity index (χ4v) is 1.22. The molecule has 1 aromatic rings. The van der Waals surface area contributed by atoms with Gasteiger partial charge in [-0.1, -0.05) is 0 Å². The number of likely N-dealkylation sites (N-methyl/N-ethyl adjacent to an activating group) is 2. The van der Waals surface area contributed by atoms with Gasteiger partial charge < -0.3 is 9.80 Å². The van der Waals surface area contributed by atoms with Gasteiger partial charge in [0.25, 0.3) is 0 Å². The highest BCUT2D eigenvalue weighted by Gasteiger charge is 2.13. The average molecular weight is 244 g/mol. The molecule has 0 atom stereocenters. The summed E-state index contributed by atoms with van der Waals surface area (Å²) >= 11 is 5.64. The van der Waals surface area contributed by atoms with Crippen molar-refractivity contribution in [1.29, 1.82) is 0 Å². The lowest BCUT2D eigenvalue weighted by Crippen LogP contribution is -2.37. The minimum atomic E-state index is -0.00316. The first kappa shape index (κ1) is 12.6. The van der Waals surface area contributed by atoms with Gasteiger partial charge in [-0.3, -0.25) is 4.79 Å². The zero-order valence-corrected chi connectivity index (χ0v) is 10.3. The van der Waals surface area contributed by atoms with Gasteiger partial charge in [-0.25, -0.2) is 0 Å². The molecule has 0 saturated carbocycles. The monoisotopic (exact) mass is 243 g/mol. The molecule has 1 rings (SSSR count). The molecule has 6 nitrogen and oxygen atoms in total. The van der Waals surface area contributed by atoms with Crippen molar-refractivity contribution in [1.82, 2.24) is 20.1 Å².